The normalized spacial score (nSPS) is 13.8. The summed E-state index contributed by atoms with van der Waals surface area (Å²) in [5, 5.41) is 9.44. The Morgan fingerprint density at radius 2 is 1.81 bits per heavy atom. The van der Waals surface area contributed by atoms with Gasteiger partial charge < -0.3 is 14.4 Å². The maximum absolute atomic E-state index is 15.5. The first-order valence-corrected chi connectivity index (χ1v) is 13.5. The lowest BCUT2D eigenvalue weighted by Gasteiger charge is -2.16. The van der Waals surface area contributed by atoms with Crippen molar-refractivity contribution in [3.63, 3.8) is 0 Å². The van der Waals surface area contributed by atoms with Crippen LogP contribution in [0.4, 0.5) is 13.2 Å². The van der Waals surface area contributed by atoms with Crippen LogP contribution in [0.25, 0.3) is 22.4 Å². The zero-order chi connectivity index (χ0) is 29.4. The minimum Gasteiger partial charge on any atom is -0.478 e. The molecule has 6 rings (SSSR count). The third kappa shape index (κ3) is 5.57. The van der Waals surface area contributed by atoms with Crippen LogP contribution in [0.1, 0.15) is 45.7 Å². The van der Waals surface area contributed by atoms with Crippen molar-refractivity contribution in [3.8, 4) is 17.1 Å². The fourth-order valence-corrected chi connectivity index (χ4v) is 4.92. The third-order valence-electron chi connectivity index (χ3n) is 7.67. The molecule has 3 heterocycles. The number of imidazole rings is 1. The van der Waals surface area contributed by atoms with Crippen LogP contribution in [0.15, 0.2) is 66.9 Å². The van der Waals surface area contributed by atoms with Crippen molar-refractivity contribution in [1.82, 2.24) is 19.5 Å². The van der Waals surface area contributed by atoms with E-state index in [4.69, 9.17) is 4.74 Å². The number of pyridine rings is 2. The molecule has 2 aromatic carbocycles. The van der Waals surface area contributed by atoms with Crippen LogP contribution in [-0.4, -0.2) is 37.3 Å². The summed E-state index contributed by atoms with van der Waals surface area (Å²) in [6.07, 6.45) is 2.76. The van der Waals surface area contributed by atoms with Gasteiger partial charge in [-0.1, -0.05) is 30.3 Å². The highest BCUT2D eigenvalue weighted by molar-refractivity contribution is 5.91. The van der Waals surface area contributed by atoms with Crippen molar-refractivity contribution in [3.05, 3.63) is 107 Å². The highest BCUT2D eigenvalue weighted by Gasteiger charge is 2.44. The number of fused-ring (bicyclic) bond motifs is 1. The standard InChI is InChI=1S/C32H27F3N4O3/c1-19-5-6-22(24(34)11-19)16-42-29-4-2-3-26(37-29)21-8-7-20(25(35)12-21)14-28-38-30-27(13-23(15-36-30)31(40)41)39(28)18-32(17-33)9-10-32/h2-8,11-13,15H,9-10,14,16-18H2,1H3,(H,40,41). The van der Waals surface area contributed by atoms with Gasteiger partial charge in [0.1, 0.15) is 24.1 Å². The molecule has 0 saturated heterocycles. The molecule has 7 nitrogen and oxygen atoms in total. The Labute approximate surface area is 239 Å². The lowest BCUT2D eigenvalue weighted by molar-refractivity contribution is 0.0696. The van der Waals surface area contributed by atoms with E-state index < -0.39 is 23.9 Å². The molecule has 1 N–H and O–H groups in total. The fraction of sp³-hybridized carbons (Fsp3) is 0.250. The minimum absolute atomic E-state index is 0.00135. The number of aromatic nitrogens is 4. The number of aryl methyl sites for hydroxylation is 1. The van der Waals surface area contributed by atoms with E-state index in [1.165, 1.54) is 24.4 Å². The second kappa shape index (κ2) is 10.9. The number of ether oxygens (including phenoxy) is 1. The first-order valence-electron chi connectivity index (χ1n) is 13.5. The van der Waals surface area contributed by atoms with Crippen LogP contribution in [0.3, 0.4) is 0 Å². The van der Waals surface area contributed by atoms with Gasteiger partial charge >= 0.3 is 5.97 Å². The highest BCUT2D eigenvalue weighted by atomic mass is 19.1. The van der Waals surface area contributed by atoms with Gasteiger partial charge in [-0.05, 0) is 55.2 Å². The van der Waals surface area contributed by atoms with E-state index in [2.05, 4.69) is 15.0 Å². The van der Waals surface area contributed by atoms with E-state index in [0.29, 0.717) is 58.8 Å². The van der Waals surface area contributed by atoms with Gasteiger partial charge in [0.2, 0.25) is 5.88 Å². The van der Waals surface area contributed by atoms with Crippen LogP contribution in [-0.2, 0) is 19.6 Å². The quantitative estimate of drug-likeness (QED) is 0.200. The SMILES string of the molecule is Cc1ccc(COc2cccc(-c3ccc(Cc4nc5ncc(C(=O)O)cc5n4CC4(CF)CC4)c(F)c3)n2)c(F)c1. The molecule has 0 amide bonds. The van der Waals surface area contributed by atoms with E-state index in [-0.39, 0.29) is 30.3 Å². The summed E-state index contributed by atoms with van der Waals surface area (Å²) in [5.41, 5.74) is 2.88. The predicted octanol–water partition coefficient (Wildman–Crippen LogP) is 6.70. The number of carboxylic acids is 1. The molecular formula is C32H27F3N4O3. The number of aromatic carboxylic acids is 1. The van der Waals surface area contributed by atoms with Crippen molar-refractivity contribution in [2.24, 2.45) is 5.41 Å². The molecule has 42 heavy (non-hydrogen) atoms. The molecule has 0 radical (unpaired) electrons. The summed E-state index contributed by atoms with van der Waals surface area (Å²) in [7, 11) is 0. The number of alkyl halides is 1. The summed E-state index contributed by atoms with van der Waals surface area (Å²) in [6.45, 7) is 1.62. The van der Waals surface area contributed by atoms with Crippen LogP contribution in [0.2, 0.25) is 0 Å². The van der Waals surface area contributed by atoms with Crippen LogP contribution in [0.5, 0.6) is 5.88 Å². The van der Waals surface area contributed by atoms with Gasteiger partial charge in [0.25, 0.3) is 0 Å². The molecule has 1 aliphatic rings. The second-order valence-corrected chi connectivity index (χ2v) is 10.8. The van der Waals surface area contributed by atoms with Gasteiger partial charge in [-0.3, -0.25) is 4.39 Å². The van der Waals surface area contributed by atoms with E-state index in [1.54, 1.807) is 47.0 Å². The summed E-state index contributed by atoms with van der Waals surface area (Å²) in [4.78, 5) is 24.7. The summed E-state index contributed by atoms with van der Waals surface area (Å²) < 4.78 is 50.9. The first kappa shape index (κ1) is 27.4. The number of hydrogen-bond acceptors (Lipinski definition) is 5. The van der Waals surface area contributed by atoms with Crippen molar-refractivity contribution in [2.45, 2.75) is 39.3 Å². The lowest BCUT2D eigenvalue weighted by atomic mass is 10.0. The molecule has 1 saturated carbocycles. The molecule has 5 aromatic rings. The Morgan fingerprint density at radius 3 is 2.52 bits per heavy atom. The molecule has 0 unspecified atom stereocenters. The third-order valence-corrected chi connectivity index (χ3v) is 7.67. The maximum atomic E-state index is 15.5. The summed E-state index contributed by atoms with van der Waals surface area (Å²) >= 11 is 0. The number of hydrogen-bond donors (Lipinski definition) is 1. The Morgan fingerprint density at radius 1 is 1.02 bits per heavy atom. The number of nitrogens with zero attached hydrogens (tertiary/aromatic N) is 4. The molecule has 10 heteroatoms. The Bertz CT molecular complexity index is 1820. The molecule has 1 aliphatic carbocycles. The van der Waals surface area contributed by atoms with Gasteiger partial charge in [-0.25, -0.2) is 28.5 Å². The van der Waals surface area contributed by atoms with E-state index >= 15 is 4.39 Å². The van der Waals surface area contributed by atoms with Crippen molar-refractivity contribution in [2.75, 3.05) is 6.67 Å². The topological polar surface area (TPSA) is 90.1 Å². The van der Waals surface area contributed by atoms with E-state index in [9.17, 15) is 18.7 Å². The average molecular weight is 573 g/mol. The van der Waals surface area contributed by atoms with E-state index in [0.717, 1.165) is 5.56 Å². The number of rotatable bonds is 10. The molecule has 0 bridgehead atoms. The monoisotopic (exact) mass is 572 g/mol. The summed E-state index contributed by atoms with van der Waals surface area (Å²) in [5.74, 6) is -1.21. The van der Waals surface area contributed by atoms with Gasteiger partial charge in [-0.15, -0.1) is 0 Å². The zero-order valence-corrected chi connectivity index (χ0v) is 22.8. The number of carbonyl (C=O) groups is 1. The molecular weight excluding hydrogens is 545 g/mol. The Balaban J connectivity index is 1.25. The molecule has 0 aliphatic heterocycles. The average Bonchev–Trinajstić information content (AvgIpc) is 3.68. The number of halogens is 3. The molecule has 1 fully saturated rings. The van der Waals surface area contributed by atoms with Gasteiger partial charge in [0.15, 0.2) is 5.65 Å². The van der Waals surface area contributed by atoms with Crippen LogP contribution in [0, 0.1) is 24.0 Å². The molecule has 3 aromatic heterocycles. The van der Waals surface area contributed by atoms with Gasteiger partial charge in [0, 0.05) is 41.8 Å². The lowest BCUT2D eigenvalue weighted by Crippen LogP contribution is -2.16. The number of benzene rings is 2. The van der Waals surface area contributed by atoms with E-state index in [1.807, 2.05) is 6.92 Å². The van der Waals surface area contributed by atoms with Crippen LogP contribution >= 0.6 is 0 Å². The number of carboxylic acid groups (broad SMARTS) is 1. The Kier molecular flexibility index (Phi) is 7.14. The molecule has 0 atom stereocenters. The van der Waals surface area contributed by atoms with Gasteiger partial charge in [-0.2, -0.15) is 0 Å². The zero-order valence-electron chi connectivity index (χ0n) is 22.8. The highest BCUT2D eigenvalue weighted by Crippen LogP contribution is 2.48. The molecule has 214 valence electrons. The van der Waals surface area contributed by atoms with Crippen LogP contribution < -0.4 is 4.74 Å². The smallest absolute Gasteiger partial charge is 0.337 e. The van der Waals surface area contributed by atoms with Gasteiger partial charge in [0.05, 0.1) is 23.4 Å². The largest absolute Gasteiger partial charge is 0.478 e. The maximum Gasteiger partial charge on any atom is 0.337 e. The fourth-order valence-electron chi connectivity index (χ4n) is 4.92. The minimum atomic E-state index is -1.13. The van der Waals surface area contributed by atoms with Crippen molar-refractivity contribution < 1.29 is 27.8 Å². The van der Waals surface area contributed by atoms with Crippen molar-refractivity contribution >= 4 is 17.1 Å². The Hall–Kier alpha value is -4.73. The van der Waals surface area contributed by atoms with Crippen molar-refractivity contribution in [1.29, 1.82) is 0 Å². The second-order valence-electron chi connectivity index (χ2n) is 10.8. The summed E-state index contributed by atoms with van der Waals surface area (Å²) in [6, 6.07) is 16.3. The first-order chi connectivity index (χ1) is 20.2. The predicted molar refractivity (Wildman–Crippen MR) is 150 cm³/mol. The molecule has 0 spiro atoms.